The lowest BCUT2D eigenvalue weighted by atomic mass is 10.5. The minimum absolute atomic E-state index is 0.171. The number of hydrogen-bond donors (Lipinski definition) is 1. The Morgan fingerprint density at radius 2 is 2.13 bits per heavy atom. The van der Waals surface area contributed by atoms with Gasteiger partial charge in [0.2, 0.25) is 0 Å². The van der Waals surface area contributed by atoms with E-state index in [2.05, 4.69) is 15.9 Å². The highest BCUT2D eigenvalue weighted by Crippen LogP contribution is 1.99. The molecule has 0 aliphatic rings. The highest BCUT2D eigenvalue weighted by atomic mass is 79.9. The maximum atomic E-state index is 11.6. The highest BCUT2D eigenvalue weighted by molar-refractivity contribution is 9.10. The van der Waals surface area contributed by atoms with Crippen molar-refractivity contribution in [2.75, 3.05) is 0 Å². The van der Waals surface area contributed by atoms with Crippen LogP contribution in [-0.2, 0) is 17.9 Å². The summed E-state index contributed by atoms with van der Waals surface area (Å²) in [6.07, 6.45) is 1.19. The van der Waals surface area contributed by atoms with Crippen molar-refractivity contribution in [3.05, 3.63) is 31.5 Å². The summed E-state index contributed by atoms with van der Waals surface area (Å²) in [5.74, 6) is -1.13. The molecule has 0 unspecified atom stereocenters. The van der Waals surface area contributed by atoms with Gasteiger partial charge in [-0.25, -0.2) is 4.79 Å². The van der Waals surface area contributed by atoms with Gasteiger partial charge in [-0.1, -0.05) is 0 Å². The molecule has 0 saturated heterocycles. The summed E-state index contributed by atoms with van der Waals surface area (Å²) in [6, 6.07) is 0. The SMILES string of the molecule is CCn1c(=O)c(Br)cn(CC(=O)O)c1=O. The number of carboxylic acids is 1. The number of aliphatic carboxylic acids is 1. The van der Waals surface area contributed by atoms with E-state index >= 15 is 0 Å². The molecule has 7 heteroatoms. The first-order valence-electron chi connectivity index (χ1n) is 4.19. The van der Waals surface area contributed by atoms with Crippen molar-refractivity contribution in [3.8, 4) is 0 Å². The van der Waals surface area contributed by atoms with Crippen molar-refractivity contribution in [1.82, 2.24) is 9.13 Å². The van der Waals surface area contributed by atoms with E-state index in [1.165, 1.54) is 6.20 Å². The molecular formula is C8H9BrN2O4. The molecule has 0 saturated carbocycles. The molecule has 1 rings (SSSR count). The summed E-state index contributed by atoms with van der Waals surface area (Å²) in [7, 11) is 0. The smallest absolute Gasteiger partial charge is 0.331 e. The molecule has 1 aromatic rings. The Kier molecular flexibility index (Phi) is 3.46. The normalized spacial score (nSPS) is 10.3. The Morgan fingerprint density at radius 1 is 1.53 bits per heavy atom. The van der Waals surface area contributed by atoms with Gasteiger partial charge in [0.05, 0.1) is 4.47 Å². The quantitative estimate of drug-likeness (QED) is 0.835. The zero-order chi connectivity index (χ0) is 11.6. The highest BCUT2D eigenvalue weighted by Gasteiger charge is 2.09. The predicted octanol–water partition coefficient (Wildman–Crippen LogP) is -0.123. The third-order valence-electron chi connectivity index (χ3n) is 1.82. The van der Waals surface area contributed by atoms with Crippen LogP contribution >= 0.6 is 15.9 Å². The number of nitrogens with zero attached hydrogens (tertiary/aromatic N) is 2. The molecule has 0 radical (unpaired) electrons. The second-order valence-corrected chi connectivity index (χ2v) is 3.68. The number of carbonyl (C=O) groups is 1. The standard InChI is InChI=1S/C8H9BrN2O4/c1-2-11-7(14)5(9)3-10(8(11)15)4-6(12)13/h3H,2,4H2,1H3,(H,12,13). The van der Waals surface area contributed by atoms with Gasteiger partial charge < -0.3 is 5.11 Å². The fourth-order valence-electron chi connectivity index (χ4n) is 1.16. The molecule has 0 aliphatic carbocycles. The van der Waals surface area contributed by atoms with E-state index in [4.69, 9.17) is 5.11 Å². The van der Waals surface area contributed by atoms with E-state index in [0.29, 0.717) is 0 Å². The molecule has 1 N–H and O–H groups in total. The molecule has 0 aliphatic heterocycles. The van der Waals surface area contributed by atoms with Crippen LogP contribution in [0.3, 0.4) is 0 Å². The summed E-state index contributed by atoms with van der Waals surface area (Å²) < 4.78 is 2.11. The molecule has 1 aromatic heterocycles. The third-order valence-corrected chi connectivity index (χ3v) is 2.36. The van der Waals surface area contributed by atoms with Crippen LogP contribution in [-0.4, -0.2) is 20.2 Å². The van der Waals surface area contributed by atoms with Crippen molar-refractivity contribution >= 4 is 21.9 Å². The van der Waals surface area contributed by atoms with Gasteiger partial charge in [0.1, 0.15) is 6.54 Å². The van der Waals surface area contributed by atoms with E-state index in [1.807, 2.05) is 0 Å². The minimum Gasteiger partial charge on any atom is -0.480 e. The molecule has 0 atom stereocenters. The molecule has 15 heavy (non-hydrogen) atoms. The predicted molar refractivity (Wildman–Crippen MR) is 56.0 cm³/mol. The van der Waals surface area contributed by atoms with Gasteiger partial charge in [0, 0.05) is 12.7 Å². The molecular weight excluding hydrogens is 268 g/mol. The van der Waals surface area contributed by atoms with E-state index in [0.717, 1.165) is 9.13 Å². The minimum atomic E-state index is -1.13. The Hall–Kier alpha value is -1.37. The van der Waals surface area contributed by atoms with Gasteiger partial charge in [-0.05, 0) is 22.9 Å². The monoisotopic (exact) mass is 276 g/mol. The van der Waals surface area contributed by atoms with Crippen LogP contribution < -0.4 is 11.2 Å². The maximum Gasteiger partial charge on any atom is 0.331 e. The Morgan fingerprint density at radius 3 is 2.60 bits per heavy atom. The van der Waals surface area contributed by atoms with E-state index in [9.17, 15) is 14.4 Å². The van der Waals surface area contributed by atoms with Gasteiger partial charge >= 0.3 is 11.7 Å². The average molecular weight is 277 g/mol. The molecule has 1 heterocycles. The van der Waals surface area contributed by atoms with Crippen molar-refractivity contribution in [2.24, 2.45) is 0 Å². The Balaban J connectivity index is 3.44. The summed E-state index contributed by atoms with van der Waals surface area (Å²) in [5.41, 5.74) is -1.07. The number of halogens is 1. The molecule has 0 fully saturated rings. The third kappa shape index (κ3) is 2.35. The fraction of sp³-hybridized carbons (Fsp3) is 0.375. The van der Waals surface area contributed by atoms with Gasteiger partial charge in [-0.3, -0.25) is 18.7 Å². The van der Waals surface area contributed by atoms with Crippen LogP contribution in [0.5, 0.6) is 0 Å². The molecule has 6 nitrogen and oxygen atoms in total. The number of aromatic nitrogens is 2. The zero-order valence-electron chi connectivity index (χ0n) is 7.94. The maximum absolute atomic E-state index is 11.6. The van der Waals surface area contributed by atoms with Gasteiger partial charge in [-0.15, -0.1) is 0 Å². The summed E-state index contributed by atoms with van der Waals surface area (Å²) in [4.78, 5) is 33.4. The fourth-order valence-corrected chi connectivity index (χ4v) is 1.62. The topological polar surface area (TPSA) is 81.3 Å². The summed E-state index contributed by atoms with van der Waals surface area (Å²) >= 11 is 2.98. The van der Waals surface area contributed by atoms with E-state index < -0.39 is 23.8 Å². The Labute approximate surface area is 92.9 Å². The first-order valence-corrected chi connectivity index (χ1v) is 4.98. The van der Waals surface area contributed by atoms with E-state index in [1.54, 1.807) is 6.92 Å². The first-order chi connectivity index (χ1) is 6.97. The number of rotatable bonds is 3. The number of carboxylic acid groups (broad SMARTS) is 1. The molecule has 0 aromatic carbocycles. The van der Waals surface area contributed by atoms with Crippen molar-refractivity contribution in [3.63, 3.8) is 0 Å². The van der Waals surface area contributed by atoms with Crippen LogP contribution in [0.15, 0.2) is 20.3 Å². The summed E-state index contributed by atoms with van der Waals surface area (Å²) in [6.45, 7) is 1.38. The van der Waals surface area contributed by atoms with Gasteiger partial charge in [0.15, 0.2) is 0 Å². The average Bonchev–Trinajstić information content (AvgIpc) is 2.14. The van der Waals surface area contributed by atoms with Crippen molar-refractivity contribution in [1.29, 1.82) is 0 Å². The second-order valence-electron chi connectivity index (χ2n) is 2.83. The first kappa shape index (κ1) is 11.7. The van der Waals surface area contributed by atoms with Crippen LogP contribution in [0.4, 0.5) is 0 Å². The molecule has 82 valence electrons. The molecule has 0 spiro atoms. The lowest BCUT2D eigenvalue weighted by molar-refractivity contribution is -0.137. The zero-order valence-corrected chi connectivity index (χ0v) is 9.52. The Bertz CT molecular complexity index is 502. The molecule has 0 bridgehead atoms. The lowest BCUT2D eigenvalue weighted by Gasteiger charge is -2.07. The lowest BCUT2D eigenvalue weighted by Crippen LogP contribution is -2.40. The van der Waals surface area contributed by atoms with Crippen LogP contribution in [0, 0.1) is 0 Å². The second kappa shape index (κ2) is 4.43. The van der Waals surface area contributed by atoms with Crippen molar-refractivity contribution < 1.29 is 9.90 Å². The van der Waals surface area contributed by atoms with Crippen LogP contribution in [0.2, 0.25) is 0 Å². The van der Waals surface area contributed by atoms with Gasteiger partial charge in [-0.2, -0.15) is 0 Å². The largest absolute Gasteiger partial charge is 0.480 e. The van der Waals surface area contributed by atoms with Crippen molar-refractivity contribution in [2.45, 2.75) is 20.0 Å². The van der Waals surface area contributed by atoms with Gasteiger partial charge in [0.25, 0.3) is 5.56 Å². The molecule has 0 amide bonds. The number of hydrogen-bond acceptors (Lipinski definition) is 3. The van der Waals surface area contributed by atoms with Crippen LogP contribution in [0.25, 0.3) is 0 Å². The van der Waals surface area contributed by atoms with Crippen LogP contribution in [0.1, 0.15) is 6.92 Å². The van der Waals surface area contributed by atoms with E-state index in [-0.39, 0.29) is 11.0 Å². The summed E-state index contributed by atoms with van der Waals surface area (Å²) in [5, 5.41) is 8.55.